The molecule has 3 fully saturated rings. The van der Waals surface area contributed by atoms with Gasteiger partial charge in [-0.3, -0.25) is 14.9 Å². The van der Waals surface area contributed by atoms with Crippen molar-refractivity contribution in [2.45, 2.75) is 39.0 Å². The minimum atomic E-state index is -0.390. The third-order valence-electron chi connectivity index (χ3n) is 7.01. The Balaban J connectivity index is 1.40. The fourth-order valence-corrected chi connectivity index (χ4v) is 4.89. The highest BCUT2D eigenvalue weighted by atomic mass is 16.6. The predicted octanol–water partition coefficient (Wildman–Crippen LogP) is 3.19. The molecule has 0 N–H and O–H groups in total. The molecule has 3 aliphatic heterocycles. The van der Waals surface area contributed by atoms with Gasteiger partial charge in [0.2, 0.25) is 0 Å². The number of rotatable bonds is 3. The van der Waals surface area contributed by atoms with E-state index in [2.05, 4.69) is 11.8 Å². The number of hydrogen-bond acceptors (Lipinski definition) is 5. The quantitative estimate of drug-likeness (QED) is 0.529. The Morgan fingerprint density at radius 2 is 1.47 bits per heavy atom. The number of nitro benzene ring substituents is 1. The zero-order valence-electron chi connectivity index (χ0n) is 18.9. The topological polar surface area (TPSA) is 90.2 Å². The standard InChI is InChI=1S/C23H33N5O4/c1-18-7-11-24(12-8-18)20-6-5-19(17-21(20)28(31)32)22(29)25-13-15-27(16-14-25)23(30)26-9-3-2-4-10-26/h5-6,17-18H,2-4,7-16H2,1H3. The maximum Gasteiger partial charge on any atom is 0.320 e. The van der Waals surface area contributed by atoms with E-state index in [0.717, 1.165) is 51.9 Å². The summed E-state index contributed by atoms with van der Waals surface area (Å²) < 4.78 is 0. The van der Waals surface area contributed by atoms with Crippen molar-refractivity contribution in [2.75, 3.05) is 57.3 Å². The monoisotopic (exact) mass is 443 g/mol. The zero-order valence-corrected chi connectivity index (χ0v) is 18.9. The number of piperidine rings is 2. The van der Waals surface area contributed by atoms with Crippen LogP contribution in [-0.4, -0.2) is 83.9 Å². The fraction of sp³-hybridized carbons (Fsp3) is 0.652. The van der Waals surface area contributed by atoms with Crippen molar-refractivity contribution in [2.24, 2.45) is 5.92 Å². The van der Waals surface area contributed by atoms with Crippen molar-refractivity contribution >= 4 is 23.3 Å². The summed E-state index contributed by atoms with van der Waals surface area (Å²) in [6.07, 6.45) is 5.30. The lowest BCUT2D eigenvalue weighted by Gasteiger charge is -2.38. The summed E-state index contributed by atoms with van der Waals surface area (Å²) in [5, 5.41) is 11.8. The van der Waals surface area contributed by atoms with Gasteiger partial charge in [-0.1, -0.05) is 6.92 Å². The molecule has 9 heteroatoms. The lowest BCUT2D eigenvalue weighted by Crippen LogP contribution is -2.54. The number of likely N-dealkylation sites (tertiary alicyclic amines) is 1. The molecule has 3 heterocycles. The van der Waals surface area contributed by atoms with Crippen LogP contribution in [-0.2, 0) is 0 Å². The predicted molar refractivity (Wildman–Crippen MR) is 122 cm³/mol. The van der Waals surface area contributed by atoms with Gasteiger partial charge >= 0.3 is 6.03 Å². The molecule has 1 aromatic rings. The molecule has 0 saturated carbocycles. The Bertz CT molecular complexity index is 854. The van der Waals surface area contributed by atoms with Gasteiger partial charge in [0.1, 0.15) is 5.69 Å². The normalized spacial score (nSPS) is 20.4. The van der Waals surface area contributed by atoms with Crippen LogP contribution >= 0.6 is 0 Å². The molecule has 3 aliphatic rings. The van der Waals surface area contributed by atoms with E-state index in [-0.39, 0.29) is 22.5 Å². The van der Waals surface area contributed by atoms with Gasteiger partial charge in [0.25, 0.3) is 11.6 Å². The number of anilines is 1. The van der Waals surface area contributed by atoms with Crippen molar-refractivity contribution in [3.63, 3.8) is 0 Å². The van der Waals surface area contributed by atoms with E-state index >= 15 is 0 Å². The molecular formula is C23H33N5O4. The molecule has 4 rings (SSSR count). The second kappa shape index (κ2) is 9.75. The second-order valence-electron chi connectivity index (χ2n) is 9.24. The van der Waals surface area contributed by atoms with E-state index in [1.807, 2.05) is 9.80 Å². The van der Waals surface area contributed by atoms with Crippen LogP contribution in [0.3, 0.4) is 0 Å². The maximum atomic E-state index is 13.1. The smallest absolute Gasteiger partial charge is 0.320 e. The zero-order chi connectivity index (χ0) is 22.7. The van der Waals surface area contributed by atoms with Gasteiger partial charge in [-0.25, -0.2) is 4.79 Å². The number of benzene rings is 1. The number of hydrogen-bond donors (Lipinski definition) is 0. The van der Waals surface area contributed by atoms with Crippen LogP contribution < -0.4 is 4.90 Å². The number of amides is 3. The van der Waals surface area contributed by atoms with Crippen molar-refractivity contribution in [3.05, 3.63) is 33.9 Å². The molecule has 0 radical (unpaired) electrons. The van der Waals surface area contributed by atoms with Crippen LogP contribution in [0.5, 0.6) is 0 Å². The van der Waals surface area contributed by atoms with Gasteiger partial charge in [-0.15, -0.1) is 0 Å². The molecule has 9 nitrogen and oxygen atoms in total. The van der Waals surface area contributed by atoms with Crippen LogP contribution in [0.2, 0.25) is 0 Å². The highest BCUT2D eigenvalue weighted by molar-refractivity contribution is 5.96. The average molecular weight is 444 g/mol. The molecule has 3 saturated heterocycles. The lowest BCUT2D eigenvalue weighted by atomic mass is 9.98. The van der Waals surface area contributed by atoms with Crippen molar-refractivity contribution < 1.29 is 14.5 Å². The molecule has 3 amide bonds. The molecule has 174 valence electrons. The number of nitrogens with zero attached hydrogens (tertiary/aromatic N) is 5. The molecule has 0 aromatic heterocycles. The Morgan fingerprint density at radius 3 is 2.09 bits per heavy atom. The van der Waals surface area contributed by atoms with Gasteiger partial charge < -0.3 is 19.6 Å². The van der Waals surface area contributed by atoms with Crippen molar-refractivity contribution in [3.8, 4) is 0 Å². The summed E-state index contributed by atoms with van der Waals surface area (Å²) >= 11 is 0. The molecule has 0 aliphatic carbocycles. The summed E-state index contributed by atoms with van der Waals surface area (Å²) in [5.74, 6) is 0.420. The summed E-state index contributed by atoms with van der Waals surface area (Å²) in [6.45, 7) is 7.28. The van der Waals surface area contributed by atoms with E-state index in [0.29, 0.717) is 43.3 Å². The Morgan fingerprint density at radius 1 is 0.875 bits per heavy atom. The third-order valence-corrected chi connectivity index (χ3v) is 7.01. The highest BCUT2D eigenvalue weighted by Crippen LogP contribution is 2.32. The maximum absolute atomic E-state index is 13.1. The number of carbonyl (C=O) groups is 2. The van der Waals surface area contributed by atoms with E-state index in [4.69, 9.17) is 0 Å². The first kappa shape index (κ1) is 22.4. The largest absolute Gasteiger partial charge is 0.366 e. The molecule has 0 spiro atoms. The number of nitro groups is 1. The van der Waals surface area contributed by atoms with Gasteiger partial charge in [0.05, 0.1) is 4.92 Å². The summed E-state index contributed by atoms with van der Waals surface area (Å²) in [5.41, 5.74) is 0.918. The van der Waals surface area contributed by atoms with Crippen molar-refractivity contribution in [1.29, 1.82) is 0 Å². The SMILES string of the molecule is CC1CCN(c2ccc(C(=O)N3CCN(C(=O)N4CCCCC4)CC3)cc2[N+](=O)[O-])CC1. The highest BCUT2D eigenvalue weighted by Gasteiger charge is 2.30. The van der Waals surface area contributed by atoms with E-state index in [9.17, 15) is 19.7 Å². The number of urea groups is 1. The Labute approximate surface area is 189 Å². The first-order chi connectivity index (χ1) is 15.4. The van der Waals surface area contributed by atoms with Crippen LogP contribution in [0.25, 0.3) is 0 Å². The van der Waals surface area contributed by atoms with E-state index in [1.165, 1.54) is 12.5 Å². The molecule has 32 heavy (non-hydrogen) atoms. The second-order valence-corrected chi connectivity index (χ2v) is 9.24. The Kier molecular flexibility index (Phi) is 6.81. The van der Waals surface area contributed by atoms with Gasteiger partial charge in [-0.2, -0.15) is 0 Å². The van der Waals surface area contributed by atoms with Gasteiger partial charge in [0.15, 0.2) is 0 Å². The van der Waals surface area contributed by atoms with E-state index < -0.39 is 0 Å². The number of carbonyl (C=O) groups excluding carboxylic acids is 2. The average Bonchev–Trinajstić information content (AvgIpc) is 2.84. The lowest BCUT2D eigenvalue weighted by molar-refractivity contribution is -0.384. The van der Waals surface area contributed by atoms with Crippen LogP contribution in [0, 0.1) is 16.0 Å². The molecule has 0 bridgehead atoms. The van der Waals surface area contributed by atoms with Crippen molar-refractivity contribution in [1.82, 2.24) is 14.7 Å². The summed E-state index contributed by atoms with van der Waals surface area (Å²) in [4.78, 5) is 44.6. The molecule has 1 aromatic carbocycles. The van der Waals surface area contributed by atoms with E-state index in [1.54, 1.807) is 17.0 Å². The molecule has 0 atom stereocenters. The third kappa shape index (κ3) is 4.81. The Hall–Kier alpha value is -2.84. The minimum Gasteiger partial charge on any atom is -0.366 e. The first-order valence-electron chi connectivity index (χ1n) is 11.8. The first-order valence-corrected chi connectivity index (χ1v) is 11.8. The van der Waals surface area contributed by atoms with Crippen LogP contribution in [0.1, 0.15) is 49.4 Å². The van der Waals surface area contributed by atoms with Crippen LogP contribution in [0.4, 0.5) is 16.2 Å². The summed E-state index contributed by atoms with van der Waals surface area (Å²) in [7, 11) is 0. The van der Waals surface area contributed by atoms with Gasteiger partial charge in [-0.05, 0) is 50.2 Å². The van der Waals surface area contributed by atoms with Gasteiger partial charge in [0, 0.05) is 64.0 Å². The minimum absolute atomic E-state index is 0.00989. The fourth-order valence-electron chi connectivity index (χ4n) is 4.89. The van der Waals surface area contributed by atoms with Crippen LogP contribution in [0.15, 0.2) is 18.2 Å². The summed E-state index contributed by atoms with van der Waals surface area (Å²) in [6, 6.07) is 4.90. The molecule has 0 unspecified atom stereocenters. The molecular weight excluding hydrogens is 410 g/mol. The number of piperazine rings is 1.